The molecular formula is C35H64NO10P. The van der Waals surface area contributed by atoms with Crippen molar-refractivity contribution in [3.8, 4) is 0 Å². The molecule has 0 rings (SSSR count). The van der Waals surface area contributed by atoms with Gasteiger partial charge in [-0.3, -0.25) is 23.4 Å². The number of allylic oxidation sites excluding steroid dienone is 4. The van der Waals surface area contributed by atoms with Gasteiger partial charge < -0.3 is 25.2 Å². The lowest BCUT2D eigenvalue weighted by molar-refractivity contribution is -0.161. The highest BCUT2D eigenvalue weighted by atomic mass is 31.2. The Morgan fingerprint density at radius 1 is 0.660 bits per heavy atom. The van der Waals surface area contributed by atoms with Crippen LogP contribution in [0.5, 0.6) is 0 Å². The number of nitrogens with two attached hydrogens (primary N) is 1. The Morgan fingerprint density at radius 3 is 1.74 bits per heavy atom. The lowest BCUT2D eigenvalue weighted by Crippen LogP contribution is -2.34. The molecule has 0 saturated heterocycles. The summed E-state index contributed by atoms with van der Waals surface area (Å²) in [4.78, 5) is 45.5. The van der Waals surface area contributed by atoms with Crippen LogP contribution in [0.3, 0.4) is 0 Å². The summed E-state index contributed by atoms with van der Waals surface area (Å²) in [6.45, 7) is 2.69. The molecule has 3 atom stereocenters. The standard InChI is InChI=1S/C35H64NO10P/c1-3-5-7-9-11-13-15-16-17-19-21-23-25-27-34(38)46-31(29-44-47(41,42)45-30-32(36)35(39)40)28-43-33(37)26-24-22-20-18-14-12-10-8-6-4-2/h16-17,21,23,31-32H,3-15,18-20,22,24-30,36H2,1-2H3,(H,39,40)(H,41,42)/b17-16+,23-21+/t31?,32-/m0/s1. The number of phosphoric ester groups is 1. The third kappa shape index (κ3) is 31.0. The molecular weight excluding hydrogens is 625 g/mol. The molecule has 0 aromatic carbocycles. The average Bonchev–Trinajstić information content (AvgIpc) is 3.04. The number of carboxylic acids is 1. The molecule has 47 heavy (non-hydrogen) atoms. The molecule has 0 bridgehead atoms. The summed E-state index contributed by atoms with van der Waals surface area (Å²) < 4.78 is 32.4. The molecule has 11 nitrogen and oxygen atoms in total. The van der Waals surface area contributed by atoms with Crippen molar-refractivity contribution < 1.29 is 47.5 Å². The van der Waals surface area contributed by atoms with Crippen molar-refractivity contribution in [1.29, 1.82) is 0 Å². The van der Waals surface area contributed by atoms with Gasteiger partial charge in [-0.15, -0.1) is 0 Å². The van der Waals surface area contributed by atoms with E-state index < -0.39 is 51.1 Å². The molecule has 0 saturated carbocycles. The molecule has 0 aliphatic heterocycles. The molecule has 2 unspecified atom stereocenters. The van der Waals surface area contributed by atoms with Crippen molar-refractivity contribution in [2.45, 2.75) is 161 Å². The monoisotopic (exact) mass is 689 g/mol. The Balaban J connectivity index is 4.57. The number of phosphoric acid groups is 1. The van der Waals surface area contributed by atoms with E-state index >= 15 is 0 Å². The number of aliphatic carboxylic acids is 1. The van der Waals surface area contributed by atoms with Crippen molar-refractivity contribution in [2.75, 3.05) is 19.8 Å². The van der Waals surface area contributed by atoms with E-state index in [4.69, 9.17) is 24.8 Å². The fraction of sp³-hybridized carbons (Fsp3) is 0.800. The maximum atomic E-state index is 12.5. The van der Waals surface area contributed by atoms with Gasteiger partial charge in [-0.1, -0.05) is 128 Å². The van der Waals surface area contributed by atoms with Gasteiger partial charge in [0.2, 0.25) is 0 Å². The van der Waals surface area contributed by atoms with Crippen LogP contribution >= 0.6 is 7.82 Å². The second kappa shape index (κ2) is 31.2. The van der Waals surface area contributed by atoms with E-state index in [2.05, 4.69) is 30.5 Å². The molecule has 0 radical (unpaired) electrons. The van der Waals surface area contributed by atoms with E-state index in [1.165, 1.54) is 77.0 Å². The zero-order valence-corrected chi connectivity index (χ0v) is 30.0. The number of esters is 2. The molecule has 0 spiro atoms. The molecule has 0 amide bonds. The van der Waals surface area contributed by atoms with Crippen molar-refractivity contribution in [2.24, 2.45) is 5.73 Å². The Labute approximate surface area is 283 Å². The molecule has 274 valence electrons. The molecule has 0 aliphatic carbocycles. The van der Waals surface area contributed by atoms with Gasteiger partial charge in [0, 0.05) is 12.8 Å². The first-order valence-electron chi connectivity index (χ1n) is 17.9. The molecule has 0 aromatic rings. The fourth-order valence-electron chi connectivity index (χ4n) is 4.59. The van der Waals surface area contributed by atoms with Crippen LogP contribution in [0.4, 0.5) is 0 Å². The quantitative estimate of drug-likeness (QED) is 0.0262. The van der Waals surface area contributed by atoms with E-state index in [1.807, 2.05) is 12.2 Å². The zero-order chi connectivity index (χ0) is 35.0. The zero-order valence-electron chi connectivity index (χ0n) is 29.1. The van der Waals surface area contributed by atoms with Gasteiger partial charge in [-0.25, -0.2) is 4.57 Å². The van der Waals surface area contributed by atoms with Crippen molar-refractivity contribution in [3.05, 3.63) is 24.3 Å². The average molecular weight is 690 g/mol. The van der Waals surface area contributed by atoms with Crippen molar-refractivity contribution >= 4 is 25.7 Å². The van der Waals surface area contributed by atoms with Crippen LogP contribution < -0.4 is 5.73 Å². The second-order valence-electron chi connectivity index (χ2n) is 12.0. The lowest BCUT2D eigenvalue weighted by atomic mass is 10.1. The van der Waals surface area contributed by atoms with Crippen molar-refractivity contribution in [3.63, 3.8) is 0 Å². The Hall–Kier alpha value is -2.04. The summed E-state index contributed by atoms with van der Waals surface area (Å²) in [5.41, 5.74) is 5.30. The predicted molar refractivity (Wildman–Crippen MR) is 185 cm³/mol. The first-order chi connectivity index (χ1) is 22.6. The number of rotatable bonds is 33. The van der Waals surface area contributed by atoms with E-state index in [1.54, 1.807) is 0 Å². The number of unbranched alkanes of at least 4 members (excludes halogenated alkanes) is 15. The molecule has 12 heteroatoms. The van der Waals surface area contributed by atoms with Crippen LogP contribution in [0.15, 0.2) is 24.3 Å². The number of hydrogen-bond acceptors (Lipinski definition) is 9. The van der Waals surface area contributed by atoms with E-state index in [0.29, 0.717) is 12.8 Å². The molecule has 0 aromatic heterocycles. The van der Waals surface area contributed by atoms with Gasteiger partial charge in [0.05, 0.1) is 13.2 Å². The maximum absolute atomic E-state index is 12.5. The number of hydrogen-bond donors (Lipinski definition) is 3. The Morgan fingerprint density at radius 2 is 1.17 bits per heavy atom. The second-order valence-corrected chi connectivity index (χ2v) is 13.5. The van der Waals surface area contributed by atoms with Gasteiger partial charge in [0.1, 0.15) is 12.6 Å². The minimum atomic E-state index is -4.71. The van der Waals surface area contributed by atoms with Gasteiger partial charge in [0.25, 0.3) is 0 Å². The van der Waals surface area contributed by atoms with E-state index in [-0.39, 0.29) is 19.4 Å². The minimum Gasteiger partial charge on any atom is -0.480 e. The van der Waals surface area contributed by atoms with Crippen LogP contribution in [-0.4, -0.2) is 59.9 Å². The normalized spacial score (nSPS) is 14.3. The van der Waals surface area contributed by atoms with Crippen LogP contribution in [0, 0.1) is 0 Å². The van der Waals surface area contributed by atoms with Gasteiger partial charge >= 0.3 is 25.7 Å². The maximum Gasteiger partial charge on any atom is 0.472 e. The highest BCUT2D eigenvalue weighted by molar-refractivity contribution is 7.47. The fourth-order valence-corrected chi connectivity index (χ4v) is 5.36. The number of ether oxygens (including phenoxy) is 2. The van der Waals surface area contributed by atoms with Gasteiger partial charge in [0.15, 0.2) is 6.10 Å². The summed E-state index contributed by atoms with van der Waals surface area (Å²) in [7, 11) is -4.71. The minimum absolute atomic E-state index is 0.0573. The Bertz CT molecular complexity index is 911. The van der Waals surface area contributed by atoms with Crippen LogP contribution in [0.25, 0.3) is 0 Å². The van der Waals surface area contributed by atoms with Gasteiger partial charge in [-0.05, 0) is 32.1 Å². The summed E-state index contributed by atoms with van der Waals surface area (Å²) >= 11 is 0. The third-order valence-corrected chi connectivity index (χ3v) is 8.42. The Kier molecular flexibility index (Phi) is 29.9. The first-order valence-corrected chi connectivity index (χ1v) is 19.4. The number of carbonyl (C=O) groups is 3. The smallest absolute Gasteiger partial charge is 0.472 e. The summed E-state index contributed by atoms with van der Waals surface area (Å²) in [5, 5.41) is 8.83. The van der Waals surface area contributed by atoms with E-state index in [0.717, 1.165) is 32.1 Å². The largest absolute Gasteiger partial charge is 0.480 e. The number of carbonyl (C=O) groups excluding carboxylic acids is 2. The molecule has 0 heterocycles. The highest BCUT2D eigenvalue weighted by Gasteiger charge is 2.28. The lowest BCUT2D eigenvalue weighted by Gasteiger charge is -2.20. The van der Waals surface area contributed by atoms with Crippen LogP contribution in [-0.2, 0) is 37.5 Å². The summed E-state index contributed by atoms with van der Waals surface area (Å²) in [5.74, 6) is -2.47. The third-order valence-electron chi connectivity index (χ3n) is 7.47. The topological polar surface area (TPSA) is 172 Å². The first kappa shape index (κ1) is 45.0. The summed E-state index contributed by atoms with van der Waals surface area (Å²) in [6, 6.07) is -1.52. The number of carboxylic acid groups (broad SMARTS) is 1. The molecule has 0 aliphatic rings. The SMILES string of the molecule is CCCCCCCC/C=C/C/C=C/CCC(=O)OC(COC(=O)CCCCCCCCCCCC)COP(=O)(O)OC[C@H](N)C(=O)O. The summed E-state index contributed by atoms with van der Waals surface area (Å²) in [6.07, 6.45) is 28.5. The van der Waals surface area contributed by atoms with E-state index in [9.17, 15) is 23.8 Å². The van der Waals surface area contributed by atoms with Gasteiger partial charge in [-0.2, -0.15) is 0 Å². The van der Waals surface area contributed by atoms with Crippen LogP contribution in [0.2, 0.25) is 0 Å². The molecule has 4 N–H and O–H groups in total. The van der Waals surface area contributed by atoms with Crippen LogP contribution in [0.1, 0.15) is 149 Å². The molecule has 0 fully saturated rings. The highest BCUT2D eigenvalue weighted by Crippen LogP contribution is 2.43. The van der Waals surface area contributed by atoms with Crippen molar-refractivity contribution in [1.82, 2.24) is 0 Å². The predicted octanol–water partition coefficient (Wildman–Crippen LogP) is 8.33.